The van der Waals surface area contributed by atoms with E-state index in [2.05, 4.69) is 27.4 Å². The number of rotatable bonds is 8. The fourth-order valence-corrected chi connectivity index (χ4v) is 5.17. The first-order chi connectivity index (χ1) is 14.3. The van der Waals surface area contributed by atoms with Crippen LogP contribution in [0.5, 0.6) is 11.5 Å². The molecule has 2 unspecified atom stereocenters. The summed E-state index contributed by atoms with van der Waals surface area (Å²) in [5, 5.41) is 20.0. The second-order valence-corrected chi connectivity index (χ2v) is 9.27. The molecule has 2 aliphatic rings. The summed E-state index contributed by atoms with van der Waals surface area (Å²) in [5.74, 6) is 3.76. The van der Waals surface area contributed by atoms with Crippen molar-refractivity contribution in [2.24, 2.45) is 29.6 Å². The summed E-state index contributed by atoms with van der Waals surface area (Å²) in [7, 11) is 0. The van der Waals surface area contributed by atoms with Crippen LogP contribution in [-0.4, -0.2) is 35.8 Å². The monoisotopic (exact) mass is 418 g/mol. The van der Waals surface area contributed by atoms with Gasteiger partial charge in [-0.1, -0.05) is 26.8 Å². The van der Waals surface area contributed by atoms with Gasteiger partial charge in [-0.25, -0.2) is 0 Å². The van der Waals surface area contributed by atoms with Crippen molar-refractivity contribution in [2.45, 2.75) is 65.3 Å². The minimum Gasteiger partial charge on any atom is -0.513 e. The first-order valence-electron chi connectivity index (χ1n) is 11.4. The average molecular weight is 419 g/mol. The zero-order valence-corrected chi connectivity index (χ0v) is 18.6. The van der Waals surface area contributed by atoms with Gasteiger partial charge in [-0.3, -0.25) is 0 Å². The minimum atomic E-state index is -0.853. The molecule has 1 heterocycles. The van der Waals surface area contributed by atoms with Gasteiger partial charge in [0.2, 0.25) is 0 Å². The summed E-state index contributed by atoms with van der Waals surface area (Å²) in [6, 6.07) is 7.24. The lowest BCUT2D eigenvalue weighted by atomic mass is 9.62. The molecule has 1 aromatic rings. The third kappa shape index (κ3) is 5.92. The molecule has 7 atom stereocenters. The van der Waals surface area contributed by atoms with E-state index >= 15 is 0 Å². The van der Waals surface area contributed by atoms with Gasteiger partial charge in [-0.05, 0) is 74.1 Å². The third-order valence-electron chi connectivity index (χ3n) is 7.13. The Morgan fingerprint density at radius 2 is 1.80 bits per heavy atom. The van der Waals surface area contributed by atoms with Gasteiger partial charge in [-0.15, -0.1) is 0 Å². The molecule has 1 saturated heterocycles. The summed E-state index contributed by atoms with van der Waals surface area (Å²) in [6.07, 6.45) is 4.56. The fourth-order valence-electron chi connectivity index (χ4n) is 5.17. The molecule has 0 bridgehead atoms. The van der Waals surface area contributed by atoms with Gasteiger partial charge >= 0.3 is 0 Å². The molecule has 1 aliphatic carbocycles. The van der Waals surface area contributed by atoms with Crippen molar-refractivity contribution in [1.29, 1.82) is 0 Å². The molecule has 0 radical (unpaired) electrons. The molecule has 5 nitrogen and oxygen atoms in total. The van der Waals surface area contributed by atoms with E-state index in [9.17, 15) is 5.11 Å². The quantitative estimate of drug-likeness (QED) is 0.441. The number of benzene rings is 1. The Morgan fingerprint density at radius 1 is 1.10 bits per heavy atom. The fraction of sp³-hybridized carbons (Fsp3) is 0.680. The Kier molecular flexibility index (Phi) is 8.06. The largest absolute Gasteiger partial charge is 0.513 e. The highest BCUT2D eigenvalue weighted by molar-refractivity contribution is 5.31. The van der Waals surface area contributed by atoms with Gasteiger partial charge in [0.05, 0.1) is 25.1 Å². The molecule has 1 saturated carbocycles. The second-order valence-electron chi connectivity index (χ2n) is 9.27. The van der Waals surface area contributed by atoms with Crippen LogP contribution in [0.4, 0.5) is 0 Å². The molecule has 2 N–H and O–H groups in total. The normalized spacial score (nSPS) is 31.1. The third-order valence-corrected chi connectivity index (χ3v) is 7.13. The molecule has 0 amide bonds. The molecular formula is C25H38O5. The highest BCUT2D eigenvalue weighted by Gasteiger charge is 2.43. The van der Waals surface area contributed by atoms with E-state index in [1.807, 2.05) is 12.1 Å². The lowest BCUT2D eigenvalue weighted by Crippen LogP contribution is -2.42. The molecule has 30 heavy (non-hydrogen) atoms. The summed E-state index contributed by atoms with van der Waals surface area (Å²) in [6.45, 7) is 11.3. The van der Waals surface area contributed by atoms with E-state index in [4.69, 9.17) is 19.3 Å². The number of fused-ring (bicyclic) bond motifs is 1. The van der Waals surface area contributed by atoms with Gasteiger partial charge in [0.1, 0.15) is 11.5 Å². The number of aliphatic hydroxyl groups is 2. The standard InChI is InChI=1S/C25H38O5/c1-16-5-11-23(24-15-29-18(3)6-12-22(16)24)19(4)25(27)30-21-9-7-20(8-10-21)28-14-13-17(2)26/h7-10,16,18-19,22-27H,2,5-6,11-15H2,1,3-4H3/t16-,18?,19-,22+,23+,24?,25-/m1/s1. The van der Waals surface area contributed by atoms with Gasteiger partial charge in [0.25, 0.3) is 0 Å². The van der Waals surface area contributed by atoms with E-state index in [1.165, 1.54) is 12.8 Å². The molecule has 0 aromatic heterocycles. The molecule has 2 fully saturated rings. The van der Waals surface area contributed by atoms with Crippen molar-refractivity contribution in [3.63, 3.8) is 0 Å². The maximum absolute atomic E-state index is 10.8. The van der Waals surface area contributed by atoms with E-state index in [1.54, 1.807) is 12.1 Å². The van der Waals surface area contributed by atoms with E-state index in [0.717, 1.165) is 25.4 Å². The summed E-state index contributed by atoms with van der Waals surface area (Å²) in [4.78, 5) is 0. The number of aliphatic hydroxyl groups excluding tert-OH is 2. The van der Waals surface area contributed by atoms with Crippen molar-refractivity contribution in [1.82, 2.24) is 0 Å². The van der Waals surface area contributed by atoms with Crippen LogP contribution in [0, 0.1) is 29.6 Å². The average Bonchev–Trinajstić information content (AvgIpc) is 2.91. The van der Waals surface area contributed by atoms with Gasteiger partial charge in [-0.2, -0.15) is 0 Å². The summed E-state index contributed by atoms with van der Waals surface area (Å²) >= 11 is 0. The summed E-state index contributed by atoms with van der Waals surface area (Å²) in [5.41, 5.74) is 0. The van der Waals surface area contributed by atoms with Crippen LogP contribution in [0.2, 0.25) is 0 Å². The predicted molar refractivity (Wildman–Crippen MR) is 118 cm³/mol. The van der Waals surface area contributed by atoms with Gasteiger partial charge in [0, 0.05) is 12.3 Å². The topological polar surface area (TPSA) is 68.2 Å². The van der Waals surface area contributed by atoms with Crippen LogP contribution >= 0.6 is 0 Å². The maximum Gasteiger partial charge on any atom is 0.200 e. The number of ether oxygens (including phenoxy) is 3. The first-order valence-corrected chi connectivity index (χ1v) is 11.4. The maximum atomic E-state index is 10.8. The molecule has 168 valence electrons. The lowest BCUT2D eigenvalue weighted by Gasteiger charge is -2.44. The van der Waals surface area contributed by atoms with Crippen LogP contribution in [0.15, 0.2) is 36.6 Å². The van der Waals surface area contributed by atoms with Crippen molar-refractivity contribution in [3.05, 3.63) is 36.6 Å². The Bertz CT molecular complexity index is 673. The van der Waals surface area contributed by atoms with Crippen LogP contribution < -0.4 is 9.47 Å². The van der Waals surface area contributed by atoms with Crippen molar-refractivity contribution in [3.8, 4) is 11.5 Å². The smallest absolute Gasteiger partial charge is 0.200 e. The zero-order chi connectivity index (χ0) is 21.7. The Morgan fingerprint density at radius 3 is 2.50 bits per heavy atom. The molecule has 1 aliphatic heterocycles. The van der Waals surface area contributed by atoms with Crippen LogP contribution in [0.25, 0.3) is 0 Å². The van der Waals surface area contributed by atoms with Crippen LogP contribution in [0.1, 0.15) is 52.9 Å². The Balaban J connectivity index is 1.58. The van der Waals surface area contributed by atoms with E-state index in [-0.39, 0.29) is 11.7 Å². The molecular weight excluding hydrogens is 380 g/mol. The minimum absolute atomic E-state index is 0.0356. The molecule has 1 aromatic carbocycles. The number of hydrogen-bond acceptors (Lipinski definition) is 5. The Labute approximate surface area is 181 Å². The summed E-state index contributed by atoms with van der Waals surface area (Å²) < 4.78 is 17.5. The Hall–Kier alpha value is -1.72. The molecule has 3 rings (SSSR count). The van der Waals surface area contributed by atoms with Crippen LogP contribution in [0.3, 0.4) is 0 Å². The van der Waals surface area contributed by atoms with Crippen molar-refractivity contribution >= 4 is 0 Å². The zero-order valence-electron chi connectivity index (χ0n) is 18.6. The lowest BCUT2D eigenvalue weighted by molar-refractivity contribution is -0.105. The van der Waals surface area contributed by atoms with E-state index < -0.39 is 6.29 Å². The SMILES string of the molecule is C=C(O)CCOc1ccc(O[C@@H](O)[C@H](C)[C@@H]2CC[C@@H](C)[C@@H]3CCC(C)OCC23)cc1. The molecule has 5 heteroatoms. The highest BCUT2D eigenvalue weighted by atomic mass is 16.6. The van der Waals surface area contributed by atoms with E-state index in [0.29, 0.717) is 48.4 Å². The van der Waals surface area contributed by atoms with Crippen molar-refractivity contribution in [2.75, 3.05) is 13.2 Å². The van der Waals surface area contributed by atoms with Crippen molar-refractivity contribution < 1.29 is 24.4 Å². The first kappa shape index (κ1) is 23.0. The highest BCUT2D eigenvalue weighted by Crippen LogP contribution is 2.46. The van der Waals surface area contributed by atoms with Gasteiger partial charge in [0.15, 0.2) is 6.29 Å². The van der Waals surface area contributed by atoms with Gasteiger partial charge < -0.3 is 24.4 Å². The molecule has 0 spiro atoms. The van der Waals surface area contributed by atoms with Crippen LogP contribution in [-0.2, 0) is 4.74 Å². The predicted octanol–water partition coefficient (Wildman–Crippen LogP) is 5.34. The second kappa shape index (κ2) is 10.5. The number of hydrogen-bond donors (Lipinski definition) is 2.